The van der Waals surface area contributed by atoms with Crippen molar-refractivity contribution in [3.63, 3.8) is 0 Å². The zero-order valence-electron chi connectivity index (χ0n) is 15.8. The molecule has 29 heavy (non-hydrogen) atoms. The van der Waals surface area contributed by atoms with Crippen LogP contribution in [0.1, 0.15) is 17.3 Å². The predicted molar refractivity (Wildman–Crippen MR) is 106 cm³/mol. The standard InChI is InChI=1S/C20H19F2N3O3S/c1-3-25-18(15-6-4-5-7-17(15)27-2)23-24-20(25)29-12-16(26)13-8-10-14(11-9-13)28-19(21)22/h4-11,19H,3,12H2,1-2H3. The molecular weight excluding hydrogens is 400 g/mol. The van der Waals surface area contributed by atoms with Crippen molar-refractivity contribution >= 4 is 17.5 Å². The SMILES string of the molecule is CCn1c(SCC(=O)c2ccc(OC(F)F)cc2)nnc1-c1ccccc1OC. The van der Waals surface area contributed by atoms with Gasteiger partial charge in [0.1, 0.15) is 11.5 Å². The number of carbonyl (C=O) groups excluding carboxylic acids is 1. The van der Waals surface area contributed by atoms with Crippen molar-refractivity contribution in [1.29, 1.82) is 0 Å². The molecule has 0 bridgehead atoms. The van der Waals surface area contributed by atoms with Gasteiger partial charge in [-0.25, -0.2) is 0 Å². The van der Waals surface area contributed by atoms with Gasteiger partial charge in [0.25, 0.3) is 0 Å². The summed E-state index contributed by atoms with van der Waals surface area (Å²) in [5.74, 6) is 1.35. The zero-order valence-corrected chi connectivity index (χ0v) is 16.7. The molecule has 1 heterocycles. The van der Waals surface area contributed by atoms with E-state index in [9.17, 15) is 13.6 Å². The van der Waals surface area contributed by atoms with Crippen molar-refractivity contribution in [1.82, 2.24) is 14.8 Å². The summed E-state index contributed by atoms with van der Waals surface area (Å²) in [5.41, 5.74) is 1.23. The predicted octanol–water partition coefficient (Wildman–Crippen LogP) is 4.55. The largest absolute Gasteiger partial charge is 0.496 e. The summed E-state index contributed by atoms with van der Waals surface area (Å²) in [7, 11) is 1.59. The van der Waals surface area contributed by atoms with Crippen molar-refractivity contribution in [3.8, 4) is 22.9 Å². The lowest BCUT2D eigenvalue weighted by atomic mass is 10.1. The van der Waals surface area contributed by atoms with E-state index in [1.165, 1.54) is 36.0 Å². The molecule has 0 saturated carbocycles. The molecule has 0 N–H and O–H groups in total. The van der Waals surface area contributed by atoms with E-state index >= 15 is 0 Å². The average Bonchev–Trinajstić information content (AvgIpc) is 3.14. The Hall–Kier alpha value is -2.94. The molecule has 2 aromatic carbocycles. The van der Waals surface area contributed by atoms with Crippen LogP contribution in [0.2, 0.25) is 0 Å². The number of aromatic nitrogens is 3. The number of alkyl halides is 2. The van der Waals surface area contributed by atoms with Crippen LogP contribution in [0, 0.1) is 0 Å². The normalized spacial score (nSPS) is 10.9. The van der Waals surface area contributed by atoms with Crippen LogP contribution in [0.5, 0.6) is 11.5 Å². The van der Waals surface area contributed by atoms with Crippen LogP contribution in [0.15, 0.2) is 53.7 Å². The van der Waals surface area contributed by atoms with Gasteiger partial charge in [0.15, 0.2) is 16.8 Å². The molecule has 3 aromatic rings. The molecule has 1 aromatic heterocycles. The number of halogens is 2. The Morgan fingerprint density at radius 1 is 1.14 bits per heavy atom. The number of nitrogens with zero attached hydrogens (tertiary/aromatic N) is 3. The number of thioether (sulfide) groups is 1. The van der Waals surface area contributed by atoms with Crippen LogP contribution in [0.4, 0.5) is 8.78 Å². The van der Waals surface area contributed by atoms with Crippen molar-refractivity contribution in [2.45, 2.75) is 25.2 Å². The third kappa shape index (κ3) is 4.92. The van der Waals surface area contributed by atoms with E-state index in [2.05, 4.69) is 14.9 Å². The molecule has 0 unspecified atom stereocenters. The number of methoxy groups -OCH3 is 1. The highest BCUT2D eigenvalue weighted by Crippen LogP contribution is 2.31. The number of hydrogen-bond donors (Lipinski definition) is 0. The lowest BCUT2D eigenvalue weighted by molar-refractivity contribution is -0.0498. The molecule has 0 amide bonds. The molecular formula is C20H19F2N3O3S. The zero-order chi connectivity index (χ0) is 20.8. The molecule has 3 rings (SSSR count). The quantitative estimate of drug-likeness (QED) is 0.374. The van der Waals surface area contributed by atoms with Gasteiger partial charge in [-0.05, 0) is 43.3 Å². The van der Waals surface area contributed by atoms with Gasteiger partial charge < -0.3 is 14.0 Å². The first-order valence-electron chi connectivity index (χ1n) is 8.81. The summed E-state index contributed by atoms with van der Waals surface area (Å²) >= 11 is 1.27. The van der Waals surface area contributed by atoms with E-state index in [0.717, 1.165) is 5.56 Å². The second kappa shape index (κ2) is 9.51. The number of rotatable bonds is 9. The lowest BCUT2D eigenvalue weighted by Gasteiger charge is -2.10. The number of Topliss-reactive ketones (excluding diaryl/α,β-unsaturated/α-hetero) is 1. The van der Waals surface area contributed by atoms with Gasteiger partial charge in [0.2, 0.25) is 0 Å². The minimum absolute atomic E-state index is 0.0105. The first kappa shape index (κ1) is 20.8. The minimum atomic E-state index is -2.90. The maximum atomic E-state index is 12.4. The topological polar surface area (TPSA) is 66.2 Å². The van der Waals surface area contributed by atoms with Gasteiger partial charge in [0, 0.05) is 12.1 Å². The van der Waals surface area contributed by atoms with Gasteiger partial charge in [-0.15, -0.1) is 10.2 Å². The fourth-order valence-electron chi connectivity index (χ4n) is 2.74. The second-order valence-electron chi connectivity index (χ2n) is 5.87. The third-order valence-electron chi connectivity index (χ3n) is 4.11. The lowest BCUT2D eigenvalue weighted by Crippen LogP contribution is -2.06. The number of ether oxygens (including phenoxy) is 2. The molecule has 0 radical (unpaired) electrons. The number of benzene rings is 2. The van der Waals surface area contributed by atoms with Gasteiger partial charge in [0.05, 0.1) is 18.4 Å². The number of para-hydroxylation sites is 1. The van der Waals surface area contributed by atoms with Gasteiger partial charge in [-0.1, -0.05) is 23.9 Å². The fraction of sp³-hybridized carbons (Fsp3) is 0.250. The monoisotopic (exact) mass is 419 g/mol. The molecule has 6 nitrogen and oxygen atoms in total. The highest BCUT2D eigenvalue weighted by molar-refractivity contribution is 7.99. The van der Waals surface area contributed by atoms with Crippen molar-refractivity contribution in [3.05, 3.63) is 54.1 Å². The summed E-state index contributed by atoms with van der Waals surface area (Å²) in [6, 6.07) is 13.1. The van der Waals surface area contributed by atoms with Crippen molar-refractivity contribution in [2.24, 2.45) is 0 Å². The maximum absolute atomic E-state index is 12.4. The molecule has 0 fully saturated rings. The Balaban J connectivity index is 1.72. The van der Waals surface area contributed by atoms with Crippen LogP contribution in [0.3, 0.4) is 0 Å². The Kier molecular flexibility index (Phi) is 6.82. The summed E-state index contributed by atoms with van der Waals surface area (Å²) in [6.45, 7) is -0.308. The van der Waals surface area contributed by atoms with Crippen molar-refractivity contribution < 1.29 is 23.0 Å². The molecule has 0 aliphatic carbocycles. The molecule has 0 aliphatic rings. The highest BCUT2D eigenvalue weighted by Gasteiger charge is 2.18. The van der Waals surface area contributed by atoms with E-state index < -0.39 is 6.61 Å². The first-order valence-corrected chi connectivity index (χ1v) is 9.79. The smallest absolute Gasteiger partial charge is 0.387 e. The average molecular weight is 419 g/mol. The summed E-state index contributed by atoms with van der Waals surface area (Å²) in [4.78, 5) is 12.4. The Morgan fingerprint density at radius 2 is 1.86 bits per heavy atom. The van der Waals surface area contributed by atoms with E-state index in [1.54, 1.807) is 7.11 Å². The first-order chi connectivity index (χ1) is 14.0. The van der Waals surface area contributed by atoms with Crippen LogP contribution in [-0.4, -0.2) is 40.0 Å². The van der Waals surface area contributed by atoms with Crippen molar-refractivity contribution in [2.75, 3.05) is 12.9 Å². The van der Waals surface area contributed by atoms with E-state index in [1.807, 2.05) is 35.8 Å². The number of hydrogen-bond acceptors (Lipinski definition) is 6. The van der Waals surface area contributed by atoms with Gasteiger partial charge >= 0.3 is 6.61 Å². The summed E-state index contributed by atoms with van der Waals surface area (Å²) < 4.78 is 36.0. The van der Waals surface area contributed by atoms with Crippen LogP contribution in [-0.2, 0) is 6.54 Å². The van der Waals surface area contributed by atoms with E-state index in [4.69, 9.17) is 4.74 Å². The van der Waals surface area contributed by atoms with Gasteiger partial charge in [-0.2, -0.15) is 8.78 Å². The molecule has 9 heteroatoms. The molecule has 0 spiro atoms. The fourth-order valence-corrected chi connectivity index (χ4v) is 3.64. The summed E-state index contributed by atoms with van der Waals surface area (Å²) in [6.07, 6.45) is 0. The molecule has 152 valence electrons. The third-order valence-corrected chi connectivity index (χ3v) is 5.08. The second-order valence-corrected chi connectivity index (χ2v) is 6.81. The van der Waals surface area contributed by atoms with Crippen LogP contribution >= 0.6 is 11.8 Å². The van der Waals surface area contributed by atoms with E-state index in [-0.39, 0.29) is 17.3 Å². The molecule has 0 atom stereocenters. The molecule has 0 saturated heterocycles. The number of carbonyl (C=O) groups is 1. The van der Waals surface area contributed by atoms with E-state index in [0.29, 0.717) is 28.8 Å². The summed E-state index contributed by atoms with van der Waals surface area (Å²) in [5, 5.41) is 9.10. The van der Waals surface area contributed by atoms with Gasteiger partial charge in [-0.3, -0.25) is 4.79 Å². The minimum Gasteiger partial charge on any atom is -0.496 e. The van der Waals surface area contributed by atoms with Crippen LogP contribution < -0.4 is 9.47 Å². The Morgan fingerprint density at radius 3 is 2.52 bits per heavy atom. The maximum Gasteiger partial charge on any atom is 0.387 e. The molecule has 0 aliphatic heterocycles. The Labute approximate surface area is 170 Å². The number of ketones is 1. The highest BCUT2D eigenvalue weighted by atomic mass is 32.2. The van der Waals surface area contributed by atoms with Crippen LogP contribution in [0.25, 0.3) is 11.4 Å². The Bertz CT molecular complexity index is 977.